The van der Waals surface area contributed by atoms with Gasteiger partial charge < -0.3 is 9.52 Å². The molecule has 0 saturated carbocycles. The van der Waals surface area contributed by atoms with E-state index in [4.69, 9.17) is 33.3 Å². The van der Waals surface area contributed by atoms with E-state index in [-0.39, 0.29) is 22.0 Å². The van der Waals surface area contributed by atoms with Gasteiger partial charge in [0.15, 0.2) is 5.11 Å². The standard InChI is InChI=1S/C23H15ClN2O5S/c1-12-10-13(22(29)30)6-8-15(12)19-9-7-14(31-19)11-16-20(27)25-23(32)26(21(16)28)18-5-3-2-4-17(18)24/h2-11H,1H3,(H,29,30)(H,25,27,32)/b16-11-. The fourth-order valence-electron chi connectivity index (χ4n) is 3.30. The molecule has 160 valence electrons. The van der Waals surface area contributed by atoms with Gasteiger partial charge in [0.1, 0.15) is 17.1 Å². The molecule has 0 atom stereocenters. The highest BCUT2D eigenvalue weighted by atomic mass is 35.5. The zero-order valence-corrected chi connectivity index (χ0v) is 18.2. The van der Waals surface area contributed by atoms with Crippen LogP contribution in [0.2, 0.25) is 5.02 Å². The molecule has 0 bridgehead atoms. The summed E-state index contributed by atoms with van der Waals surface area (Å²) < 4.78 is 5.81. The number of anilines is 1. The van der Waals surface area contributed by atoms with Gasteiger partial charge in [-0.05, 0) is 67.2 Å². The minimum atomic E-state index is -1.02. The fourth-order valence-corrected chi connectivity index (χ4v) is 3.79. The zero-order valence-electron chi connectivity index (χ0n) is 16.6. The van der Waals surface area contributed by atoms with E-state index in [1.165, 1.54) is 12.1 Å². The molecule has 1 saturated heterocycles. The number of amides is 2. The molecule has 2 N–H and O–H groups in total. The molecule has 1 aliphatic rings. The number of furan rings is 1. The van der Waals surface area contributed by atoms with Crippen molar-refractivity contribution in [1.29, 1.82) is 0 Å². The van der Waals surface area contributed by atoms with E-state index < -0.39 is 17.8 Å². The minimum absolute atomic E-state index is 0.0699. The van der Waals surface area contributed by atoms with Crippen molar-refractivity contribution in [3.63, 3.8) is 0 Å². The van der Waals surface area contributed by atoms with Gasteiger partial charge in [0.2, 0.25) is 0 Å². The van der Waals surface area contributed by atoms with Crippen LogP contribution in [-0.4, -0.2) is 28.0 Å². The van der Waals surface area contributed by atoms with Gasteiger partial charge in [-0.1, -0.05) is 29.8 Å². The second-order valence-corrected chi connectivity index (χ2v) is 7.74. The topological polar surface area (TPSA) is 99.8 Å². The summed E-state index contributed by atoms with van der Waals surface area (Å²) >= 11 is 11.4. The number of aromatic carboxylic acids is 1. The summed E-state index contributed by atoms with van der Waals surface area (Å²) in [5, 5.41) is 11.9. The molecule has 32 heavy (non-hydrogen) atoms. The van der Waals surface area contributed by atoms with E-state index >= 15 is 0 Å². The summed E-state index contributed by atoms with van der Waals surface area (Å²) in [7, 11) is 0. The van der Waals surface area contributed by atoms with Crippen LogP contribution in [0.4, 0.5) is 5.69 Å². The maximum Gasteiger partial charge on any atom is 0.335 e. The van der Waals surface area contributed by atoms with Crippen LogP contribution in [0.1, 0.15) is 21.7 Å². The number of carboxylic acid groups (broad SMARTS) is 1. The largest absolute Gasteiger partial charge is 0.478 e. The average Bonchev–Trinajstić information content (AvgIpc) is 3.20. The number of nitrogens with one attached hydrogen (secondary N) is 1. The summed E-state index contributed by atoms with van der Waals surface area (Å²) in [6.07, 6.45) is 1.33. The Morgan fingerprint density at radius 3 is 2.59 bits per heavy atom. The average molecular weight is 467 g/mol. The number of benzene rings is 2. The van der Waals surface area contributed by atoms with E-state index in [1.54, 1.807) is 55.5 Å². The van der Waals surface area contributed by atoms with Crippen molar-refractivity contribution in [2.45, 2.75) is 6.92 Å². The van der Waals surface area contributed by atoms with Crippen LogP contribution < -0.4 is 10.2 Å². The minimum Gasteiger partial charge on any atom is -0.478 e. The fraction of sp³-hybridized carbons (Fsp3) is 0.0435. The van der Waals surface area contributed by atoms with Crippen LogP contribution in [0.3, 0.4) is 0 Å². The molecule has 1 aliphatic heterocycles. The smallest absolute Gasteiger partial charge is 0.335 e. The molecule has 2 aromatic carbocycles. The van der Waals surface area contributed by atoms with Crippen molar-refractivity contribution in [2.24, 2.45) is 0 Å². The van der Waals surface area contributed by atoms with E-state index in [9.17, 15) is 14.4 Å². The Bertz CT molecular complexity index is 1330. The molecule has 7 nitrogen and oxygen atoms in total. The van der Waals surface area contributed by atoms with E-state index in [0.717, 1.165) is 4.90 Å². The summed E-state index contributed by atoms with van der Waals surface area (Å²) in [6, 6.07) is 14.6. The van der Waals surface area contributed by atoms with Crippen molar-refractivity contribution in [3.8, 4) is 11.3 Å². The number of thiocarbonyl (C=S) groups is 1. The third-order valence-electron chi connectivity index (χ3n) is 4.85. The predicted octanol–water partition coefficient (Wildman–Crippen LogP) is 4.44. The Labute approximate surface area is 192 Å². The summed E-state index contributed by atoms with van der Waals surface area (Å²) in [4.78, 5) is 37.9. The molecule has 1 fully saturated rings. The van der Waals surface area contributed by atoms with E-state index in [0.29, 0.717) is 27.6 Å². The number of carbonyl (C=O) groups is 3. The van der Waals surface area contributed by atoms with Gasteiger partial charge in [-0.2, -0.15) is 0 Å². The lowest BCUT2D eigenvalue weighted by Crippen LogP contribution is -2.54. The van der Waals surface area contributed by atoms with Crippen LogP contribution in [0, 0.1) is 6.92 Å². The molecule has 2 heterocycles. The Hall–Kier alpha value is -3.75. The number of hydrogen-bond acceptors (Lipinski definition) is 5. The molecular formula is C23H15ClN2O5S. The first-order valence-corrected chi connectivity index (χ1v) is 10.1. The van der Waals surface area contributed by atoms with Gasteiger partial charge in [0, 0.05) is 5.56 Å². The van der Waals surface area contributed by atoms with Crippen molar-refractivity contribution in [3.05, 3.63) is 82.1 Å². The van der Waals surface area contributed by atoms with Gasteiger partial charge in [-0.3, -0.25) is 19.8 Å². The van der Waals surface area contributed by atoms with Gasteiger partial charge in [-0.15, -0.1) is 0 Å². The van der Waals surface area contributed by atoms with E-state index in [2.05, 4.69) is 5.32 Å². The first-order chi connectivity index (χ1) is 15.3. The van der Waals surface area contributed by atoms with Crippen LogP contribution >= 0.6 is 23.8 Å². The quantitative estimate of drug-likeness (QED) is 0.335. The molecule has 0 spiro atoms. The van der Waals surface area contributed by atoms with Crippen LogP contribution in [-0.2, 0) is 9.59 Å². The number of carbonyl (C=O) groups excluding carboxylic acids is 2. The number of halogens is 1. The Kier molecular flexibility index (Phi) is 5.65. The summed E-state index contributed by atoms with van der Waals surface area (Å²) in [5.41, 5.74) is 1.75. The van der Waals surface area contributed by atoms with Crippen molar-refractivity contribution < 1.29 is 23.9 Å². The highest BCUT2D eigenvalue weighted by Gasteiger charge is 2.35. The first-order valence-electron chi connectivity index (χ1n) is 9.36. The second-order valence-electron chi connectivity index (χ2n) is 6.95. The normalized spacial score (nSPS) is 15.2. The SMILES string of the molecule is Cc1cc(C(=O)O)ccc1-c1ccc(/C=C2/C(=O)NC(=S)N(c3ccccc3Cl)C2=O)o1. The van der Waals surface area contributed by atoms with Gasteiger partial charge in [-0.25, -0.2) is 4.79 Å². The third kappa shape index (κ3) is 3.93. The number of aryl methyl sites for hydroxylation is 1. The first kappa shape index (κ1) is 21.5. The summed E-state index contributed by atoms with van der Waals surface area (Å²) in [6.45, 7) is 1.77. The molecule has 0 radical (unpaired) electrons. The van der Waals surface area contributed by atoms with E-state index in [1.807, 2.05) is 0 Å². The van der Waals surface area contributed by atoms with Crippen molar-refractivity contribution >= 4 is 58.5 Å². The monoisotopic (exact) mass is 466 g/mol. The lowest BCUT2D eigenvalue weighted by Gasteiger charge is -2.29. The lowest BCUT2D eigenvalue weighted by atomic mass is 10.0. The number of para-hydroxylation sites is 1. The zero-order chi connectivity index (χ0) is 23.0. The molecule has 9 heteroatoms. The third-order valence-corrected chi connectivity index (χ3v) is 5.45. The molecule has 2 amide bonds. The maximum absolute atomic E-state index is 13.1. The van der Waals surface area contributed by atoms with Crippen LogP contribution in [0.25, 0.3) is 17.4 Å². The predicted molar refractivity (Wildman–Crippen MR) is 123 cm³/mol. The lowest BCUT2D eigenvalue weighted by molar-refractivity contribution is -0.122. The van der Waals surface area contributed by atoms with Gasteiger partial charge in [0.05, 0.1) is 16.3 Å². The van der Waals surface area contributed by atoms with Crippen molar-refractivity contribution in [2.75, 3.05) is 4.90 Å². The van der Waals surface area contributed by atoms with Crippen LogP contribution in [0.5, 0.6) is 0 Å². The molecule has 1 aromatic heterocycles. The van der Waals surface area contributed by atoms with Gasteiger partial charge in [0.25, 0.3) is 11.8 Å². The Balaban J connectivity index is 1.68. The number of hydrogen-bond donors (Lipinski definition) is 2. The second kappa shape index (κ2) is 8.41. The molecule has 0 aliphatic carbocycles. The Morgan fingerprint density at radius 1 is 1.16 bits per heavy atom. The highest BCUT2D eigenvalue weighted by molar-refractivity contribution is 7.80. The number of nitrogens with zero attached hydrogens (tertiary/aromatic N) is 1. The van der Waals surface area contributed by atoms with Gasteiger partial charge >= 0.3 is 5.97 Å². The molecule has 4 rings (SSSR count). The number of rotatable bonds is 4. The van der Waals surface area contributed by atoms with Crippen LogP contribution in [0.15, 0.2) is 64.6 Å². The summed E-state index contributed by atoms with van der Waals surface area (Å²) in [5.74, 6) is -1.57. The molecule has 0 unspecified atom stereocenters. The molecule has 3 aromatic rings. The Morgan fingerprint density at radius 2 is 1.91 bits per heavy atom. The molecular weight excluding hydrogens is 452 g/mol. The number of carboxylic acids is 1. The highest BCUT2D eigenvalue weighted by Crippen LogP contribution is 2.30. The maximum atomic E-state index is 13.1. The van der Waals surface area contributed by atoms with Crippen molar-refractivity contribution in [1.82, 2.24) is 5.32 Å².